The Bertz CT molecular complexity index is 1880. The van der Waals surface area contributed by atoms with E-state index in [4.69, 9.17) is 4.74 Å². The first-order valence-electron chi connectivity index (χ1n) is 18.0. The third-order valence-electron chi connectivity index (χ3n) is 12.3. The predicted molar refractivity (Wildman–Crippen MR) is 178 cm³/mol. The second-order valence-corrected chi connectivity index (χ2v) is 15.3. The van der Waals surface area contributed by atoms with Crippen molar-refractivity contribution in [1.82, 2.24) is 20.1 Å². The summed E-state index contributed by atoms with van der Waals surface area (Å²) in [5.41, 5.74) is -0.0421. The Kier molecular flexibility index (Phi) is 8.08. The number of amides is 3. The maximum atomic E-state index is 14.3. The van der Waals surface area contributed by atoms with Crippen molar-refractivity contribution >= 4 is 28.6 Å². The third-order valence-corrected chi connectivity index (χ3v) is 12.3. The number of halogens is 3. The standard InChI is InChI=1S/C38H43F3N4O6/c1-3-8-21-16-22(17-25-23-11-7-12-27-31(23)26(18-24(21)25)32(43-27)37(39,40)41)33(47)42-19-36(2)35(49)45-28(15-20-9-5-4-6-10-20)34(48)44-29(13-14-30(44)46)38(45,50)51-36/h4-7,9-12,21-22,24-25,28-30,43,46,50H,3,8,13-19H2,1-2H3,(H,42,47). The lowest BCUT2D eigenvalue weighted by Gasteiger charge is -2.49. The zero-order chi connectivity index (χ0) is 36.0. The highest BCUT2D eigenvalue weighted by Gasteiger charge is 2.70. The van der Waals surface area contributed by atoms with Gasteiger partial charge in [-0.15, -0.1) is 0 Å². The molecule has 3 aromatic rings. The molecule has 1 saturated carbocycles. The highest BCUT2D eigenvalue weighted by molar-refractivity contribution is 5.96. The lowest BCUT2D eigenvalue weighted by molar-refractivity contribution is -0.317. The van der Waals surface area contributed by atoms with E-state index in [0.717, 1.165) is 28.9 Å². The molecule has 2 aromatic carbocycles. The lowest BCUT2D eigenvalue weighted by Crippen LogP contribution is -2.72. The smallest absolute Gasteiger partial charge is 0.374 e. The number of aliphatic hydroxyl groups excluding tert-OH is 1. The van der Waals surface area contributed by atoms with E-state index in [1.165, 1.54) is 11.8 Å². The number of carbonyl (C=O) groups is 3. The maximum Gasteiger partial charge on any atom is 0.431 e. The van der Waals surface area contributed by atoms with Crippen molar-refractivity contribution < 1.29 is 42.5 Å². The number of nitrogens with zero attached hydrogens (tertiary/aromatic N) is 2. The van der Waals surface area contributed by atoms with Gasteiger partial charge >= 0.3 is 6.18 Å². The van der Waals surface area contributed by atoms with Crippen molar-refractivity contribution in [1.29, 1.82) is 0 Å². The Labute approximate surface area is 293 Å². The Morgan fingerprint density at radius 1 is 1.10 bits per heavy atom. The van der Waals surface area contributed by atoms with Crippen LogP contribution < -0.4 is 5.32 Å². The number of benzene rings is 2. The molecule has 4 fully saturated rings. The van der Waals surface area contributed by atoms with Gasteiger partial charge in [0.25, 0.3) is 11.8 Å². The average molecular weight is 709 g/mol. The van der Waals surface area contributed by atoms with Crippen LogP contribution in [0.3, 0.4) is 0 Å². The zero-order valence-corrected chi connectivity index (χ0v) is 28.6. The van der Waals surface area contributed by atoms with Gasteiger partial charge in [0, 0.05) is 23.2 Å². The number of aromatic amines is 1. The van der Waals surface area contributed by atoms with Crippen LogP contribution in [0.1, 0.15) is 80.7 Å². The molecule has 0 bridgehead atoms. The lowest BCUT2D eigenvalue weighted by atomic mass is 9.60. The van der Waals surface area contributed by atoms with Gasteiger partial charge in [-0.25, -0.2) is 0 Å². The first-order chi connectivity index (χ1) is 24.2. The number of piperazine rings is 1. The van der Waals surface area contributed by atoms with E-state index in [2.05, 4.69) is 10.3 Å². The predicted octanol–water partition coefficient (Wildman–Crippen LogP) is 4.58. The topological polar surface area (TPSA) is 135 Å². The van der Waals surface area contributed by atoms with Crippen LogP contribution in [0.4, 0.5) is 13.2 Å². The van der Waals surface area contributed by atoms with E-state index in [0.29, 0.717) is 35.7 Å². The van der Waals surface area contributed by atoms with Gasteiger partial charge in [-0.1, -0.05) is 62.2 Å². The number of alkyl halides is 3. The van der Waals surface area contributed by atoms with Crippen molar-refractivity contribution in [3.05, 3.63) is 70.9 Å². The molecule has 0 spiro atoms. The second-order valence-electron chi connectivity index (χ2n) is 15.3. The van der Waals surface area contributed by atoms with Crippen LogP contribution in [0.2, 0.25) is 0 Å². The number of ether oxygens (including phenoxy) is 1. The molecule has 4 N–H and O–H groups in total. The summed E-state index contributed by atoms with van der Waals surface area (Å²) in [7, 11) is 0. The normalized spacial score (nSPS) is 34.5. The van der Waals surface area contributed by atoms with Gasteiger partial charge in [0.2, 0.25) is 11.8 Å². The Morgan fingerprint density at radius 3 is 2.59 bits per heavy atom. The number of rotatable bonds is 7. The van der Waals surface area contributed by atoms with Crippen LogP contribution in [-0.2, 0) is 38.1 Å². The van der Waals surface area contributed by atoms with E-state index in [-0.39, 0.29) is 49.5 Å². The molecular weight excluding hydrogens is 665 g/mol. The molecule has 3 amide bonds. The molecule has 51 heavy (non-hydrogen) atoms. The van der Waals surface area contributed by atoms with E-state index in [9.17, 15) is 37.8 Å². The van der Waals surface area contributed by atoms with Crippen molar-refractivity contribution in [2.45, 2.75) is 107 Å². The van der Waals surface area contributed by atoms with Gasteiger partial charge in [0.15, 0.2) is 5.60 Å². The minimum Gasteiger partial charge on any atom is -0.374 e. The number of fused-ring (bicyclic) bond motifs is 5. The molecule has 8 rings (SSSR count). The van der Waals surface area contributed by atoms with Crippen molar-refractivity contribution in [2.75, 3.05) is 6.54 Å². The van der Waals surface area contributed by atoms with Crippen LogP contribution in [-0.4, -0.2) is 79.1 Å². The fraction of sp³-hybridized carbons (Fsp3) is 0.553. The van der Waals surface area contributed by atoms with Crippen LogP contribution in [0, 0.1) is 17.8 Å². The number of hydrogen-bond acceptors (Lipinski definition) is 6. The minimum atomic E-state index is -4.50. The Balaban J connectivity index is 1.05. The molecule has 13 heteroatoms. The molecule has 1 aromatic heterocycles. The molecule has 3 saturated heterocycles. The molecule has 3 aliphatic heterocycles. The van der Waals surface area contributed by atoms with Crippen LogP contribution in [0.25, 0.3) is 10.9 Å². The second kappa shape index (κ2) is 12.1. The summed E-state index contributed by atoms with van der Waals surface area (Å²) in [6, 6.07) is 12.3. The fourth-order valence-corrected chi connectivity index (χ4v) is 10.1. The van der Waals surface area contributed by atoms with Gasteiger partial charge in [-0.3, -0.25) is 19.3 Å². The highest BCUT2D eigenvalue weighted by Crippen LogP contribution is 2.54. The summed E-state index contributed by atoms with van der Waals surface area (Å²) in [5, 5.41) is 26.4. The quantitative estimate of drug-likeness (QED) is 0.284. The molecule has 9 atom stereocenters. The summed E-state index contributed by atoms with van der Waals surface area (Å²) < 4.78 is 48.6. The van der Waals surface area contributed by atoms with Gasteiger partial charge in [-0.05, 0) is 79.5 Å². The molecule has 10 nitrogen and oxygen atoms in total. The Morgan fingerprint density at radius 2 is 1.86 bits per heavy atom. The molecule has 4 heterocycles. The minimum absolute atomic E-state index is 0.0167. The van der Waals surface area contributed by atoms with Crippen LogP contribution in [0.15, 0.2) is 48.5 Å². The van der Waals surface area contributed by atoms with E-state index in [1.54, 1.807) is 12.1 Å². The van der Waals surface area contributed by atoms with Crippen LogP contribution in [0.5, 0.6) is 0 Å². The monoisotopic (exact) mass is 708 g/mol. The zero-order valence-electron chi connectivity index (χ0n) is 28.6. The number of carbonyl (C=O) groups excluding carboxylic acids is 3. The summed E-state index contributed by atoms with van der Waals surface area (Å²) in [4.78, 5) is 47.1. The first kappa shape index (κ1) is 34.2. The van der Waals surface area contributed by atoms with Crippen LogP contribution >= 0.6 is 0 Å². The number of nitrogens with one attached hydrogen (secondary N) is 2. The van der Waals surface area contributed by atoms with Crippen molar-refractivity contribution in [3.63, 3.8) is 0 Å². The molecule has 5 aliphatic rings. The maximum absolute atomic E-state index is 14.3. The number of aliphatic hydroxyl groups is 2. The van der Waals surface area contributed by atoms with Gasteiger partial charge in [0.05, 0.1) is 6.54 Å². The van der Waals surface area contributed by atoms with Gasteiger partial charge < -0.3 is 30.2 Å². The molecule has 272 valence electrons. The van der Waals surface area contributed by atoms with Crippen molar-refractivity contribution in [3.8, 4) is 0 Å². The SMILES string of the molecule is CCCC1CC(C(=O)NCC2(C)OC3(O)C4CCC(O)N4C(=O)C(Cc4ccccc4)N3C2=O)CC2c3cccc4[nH]c(C(F)(F)F)c(c34)CC12. The summed E-state index contributed by atoms with van der Waals surface area (Å²) >= 11 is 0. The summed E-state index contributed by atoms with van der Waals surface area (Å²) in [6.45, 7) is 3.27. The number of aromatic nitrogens is 1. The third kappa shape index (κ3) is 5.29. The number of H-pyrrole nitrogens is 1. The highest BCUT2D eigenvalue weighted by atomic mass is 19.4. The van der Waals surface area contributed by atoms with Gasteiger partial charge in [0.1, 0.15) is 24.0 Å². The largest absolute Gasteiger partial charge is 0.431 e. The number of hydrogen-bond donors (Lipinski definition) is 4. The first-order valence-corrected chi connectivity index (χ1v) is 18.0. The molecular formula is C38H43F3N4O6. The fourth-order valence-electron chi connectivity index (χ4n) is 10.1. The molecule has 9 unspecified atom stereocenters. The molecule has 0 radical (unpaired) electrons. The van der Waals surface area contributed by atoms with Crippen molar-refractivity contribution in [2.24, 2.45) is 17.8 Å². The van der Waals surface area contributed by atoms with E-state index >= 15 is 0 Å². The average Bonchev–Trinajstić information content (AvgIpc) is 3.74. The summed E-state index contributed by atoms with van der Waals surface area (Å²) in [5.74, 6) is -4.21. The van der Waals surface area contributed by atoms with E-state index in [1.807, 2.05) is 43.3 Å². The molecule has 2 aliphatic carbocycles. The van der Waals surface area contributed by atoms with Gasteiger partial charge in [-0.2, -0.15) is 13.2 Å². The summed E-state index contributed by atoms with van der Waals surface area (Å²) in [6.07, 6.45) is -2.26. The Hall–Kier alpha value is -3.94. The van der Waals surface area contributed by atoms with E-state index < -0.39 is 59.4 Å².